The Balaban J connectivity index is 2.38. The molecule has 2 heterocycles. The van der Waals surface area contributed by atoms with Gasteiger partial charge in [-0.2, -0.15) is 0 Å². The van der Waals surface area contributed by atoms with Crippen molar-refractivity contribution in [3.8, 4) is 0 Å². The van der Waals surface area contributed by atoms with E-state index in [1.165, 1.54) is 5.69 Å². The maximum Gasteiger partial charge on any atom is 0.136 e. The molecular weight excluding hydrogens is 198 g/mol. The lowest BCUT2D eigenvalue weighted by atomic mass is 9.86. The van der Waals surface area contributed by atoms with Crippen LogP contribution in [0.3, 0.4) is 0 Å². The van der Waals surface area contributed by atoms with Gasteiger partial charge in [0.25, 0.3) is 0 Å². The second kappa shape index (κ2) is 4.26. The highest BCUT2D eigenvalue weighted by Gasteiger charge is 2.23. The van der Waals surface area contributed by atoms with E-state index >= 15 is 0 Å². The predicted molar refractivity (Wildman–Crippen MR) is 66.8 cm³/mol. The van der Waals surface area contributed by atoms with E-state index < -0.39 is 0 Å². The molecule has 2 rings (SSSR count). The molecule has 0 atom stereocenters. The van der Waals surface area contributed by atoms with E-state index in [4.69, 9.17) is 0 Å². The molecule has 0 aliphatic carbocycles. The third-order valence-corrected chi connectivity index (χ3v) is 3.11. The highest BCUT2D eigenvalue weighted by molar-refractivity contribution is 5.41. The van der Waals surface area contributed by atoms with E-state index in [9.17, 15) is 0 Å². The molecular formula is C13H19N3. The smallest absolute Gasteiger partial charge is 0.136 e. The summed E-state index contributed by atoms with van der Waals surface area (Å²) in [7, 11) is 1.99. The third kappa shape index (κ3) is 1.95. The number of aromatic nitrogens is 2. The Kier molecular flexibility index (Phi) is 2.97. The van der Waals surface area contributed by atoms with E-state index in [1.807, 2.05) is 31.4 Å². The van der Waals surface area contributed by atoms with Crippen LogP contribution in [-0.2, 0) is 5.41 Å². The first-order chi connectivity index (χ1) is 7.65. The monoisotopic (exact) mass is 217 g/mol. The Morgan fingerprint density at radius 3 is 2.94 bits per heavy atom. The lowest BCUT2D eigenvalue weighted by Crippen LogP contribution is -2.24. The van der Waals surface area contributed by atoms with Crippen molar-refractivity contribution >= 4 is 5.65 Å². The van der Waals surface area contributed by atoms with Gasteiger partial charge in [-0.3, -0.25) is 0 Å². The van der Waals surface area contributed by atoms with Crippen LogP contribution in [0.25, 0.3) is 5.65 Å². The van der Waals surface area contributed by atoms with Gasteiger partial charge in [0.15, 0.2) is 0 Å². The molecule has 0 unspecified atom stereocenters. The summed E-state index contributed by atoms with van der Waals surface area (Å²) in [5, 5.41) is 3.20. The largest absolute Gasteiger partial charge is 0.320 e. The van der Waals surface area contributed by atoms with Crippen LogP contribution in [0.1, 0.15) is 26.0 Å². The molecule has 0 bridgehead atoms. The van der Waals surface area contributed by atoms with Crippen LogP contribution in [0.15, 0.2) is 30.6 Å². The van der Waals surface area contributed by atoms with Crippen LogP contribution in [0.5, 0.6) is 0 Å². The van der Waals surface area contributed by atoms with E-state index in [0.29, 0.717) is 0 Å². The molecule has 0 saturated heterocycles. The zero-order valence-corrected chi connectivity index (χ0v) is 10.2. The predicted octanol–water partition coefficient (Wildman–Crippen LogP) is 2.22. The average Bonchev–Trinajstić information content (AvgIpc) is 2.71. The second-order valence-corrected chi connectivity index (χ2v) is 4.81. The van der Waals surface area contributed by atoms with Gasteiger partial charge in [0.05, 0.1) is 0 Å². The van der Waals surface area contributed by atoms with Crippen molar-refractivity contribution in [2.75, 3.05) is 13.6 Å². The molecule has 3 nitrogen and oxygen atoms in total. The van der Waals surface area contributed by atoms with Crippen molar-refractivity contribution in [1.29, 1.82) is 0 Å². The number of pyridine rings is 1. The summed E-state index contributed by atoms with van der Waals surface area (Å²) in [5.74, 6) is 0. The minimum atomic E-state index is 0.143. The first kappa shape index (κ1) is 11.1. The molecule has 0 aromatic carbocycles. The number of nitrogens with zero attached hydrogens (tertiary/aromatic N) is 2. The zero-order valence-electron chi connectivity index (χ0n) is 10.2. The molecule has 0 saturated carbocycles. The SMILES string of the molecule is CNCCC(C)(C)c1cnc2ccccn12. The van der Waals surface area contributed by atoms with Crippen LogP contribution in [0.4, 0.5) is 0 Å². The van der Waals surface area contributed by atoms with E-state index in [-0.39, 0.29) is 5.41 Å². The van der Waals surface area contributed by atoms with Crippen LogP contribution >= 0.6 is 0 Å². The molecule has 0 aliphatic rings. The summed E-state index contributed by atoms with van der Waals surface area (Å²) in [6.07, 6.45) is 5.18. The van der Waals surface area contributed by atoms with Crippen molar-refractivity contribution in [2.24, 2.45) is 0 Å². The first-order valence-electron chi connectivity index (χ1n) is 5.72. The average molecular weight is 217 g/mol. The second-order valence-electron chi connectivity index (χ2n) is 4.81. The zero-order chi connectivity index (χ0) is 11.6. The minimum Gasteiger partial charge on any atom is -0.320 e. The number of hydrogen-bond donors (Lipinski definition) is 1. The first-order valence-corrected chi connectivity index (χ1v) is 5.72. The summed E-state index contributed by atoms with van der Waals surface area (Å²) >= 11 is 0. The Morgan fingerprint density at radius 1 is 1.38 bits per heavy atom. The molecule has 16 heavy (non-hydrogen) atoms. The third-order valence-electron chi connectivity index (χ3n) is 3.11. The molecule has 0 spiro atoms. The van der Waals surface area contributed by atoms with Gasteiger partial charge in [-0.1, -0.05) is 19.9 Å². The van der Waals surface area contributed by atoms with Gasteiger partial charge in [0.1, 0.15) is 5.65 Å². The van der Waals surface area contributed by atoms with Crippen LogP contribution in [0.2, 0.25) is 0 Å². The van der Waals surface area contributed by atoms with Crippen LogP contribution < -0.4 is 5.32 Å². The number of nitrogens with one attached hydrogen (secondary N) is 1. The van der Waals surface area contributed by atoms with E-state index in [0.717, 1.165) is 18.6 Å². The molecule has 3 heteroatoms. The lowest BCUT2D eigenvalue weighted by Gasteiger charge is -2.24. The highest BCUT2D eigenvalue weighted by atomic mass is 15.0. The van der Waals surface area contributed by atoms with Gasteiger partial charge in [-0.25, -0.2) is 4.98 Å². The highest BCUT2D eigenvalue weighted by Crippen LogP contribution is 2.26. The Bertz CT molecular complexity index is 471. The molecule has 2 aromatic heterocycles. The van der Waals surface area contributed by atoms with Gasteiger partial charge in [-0.15, -0.1) is 0 Å². The number of imidazole rings is 1. The van der Waals surface area contributed by atoms with Gasteiger partial charge in [-0.05, 0) is 32.1 Å². The quantitative estimate of drug-likeness (QED) is 0.851. The summed E-state index contributed by atoms with van der Waals surface area (Å²) in [6, 6.07) is 6.11. The minimum absolute atomic E-state index is 0.143. The molecule has 86 valence electrons. The number of hydrogen-bond acceptors (Lipinski definition) is 2. The maximum atomic E-state index is 4.44. The Morgan fingerprint density at radius 2 is 2.19 bits per heavy atom. The number of fused-ring (bicyclic) bond motifs is 1. The summed E-state index contributed by atoms with van der Waals surface area (Å²) in [4.78, 5) is 4.44. The van der Waals surface area contributed by atoms with Crippen LogP contribution in [-0.4, -0.2) is 23.0 Å². The van der Waals surface area contributed by atoms with Gasteiger partial charge in [0.2, 0.25) is 0 Å². The van der Waals surface area contributed by atoms with Crippen molar-refractivity contribution in [3.63, 3.8) is 0 Å². The summed E-state index contributed by atoms with van der Waals surface area (Å²) < 4.78 is 2.18. The van der Waals surface area contributed by atoms with Gasteiger partial charge >= 0.3 is 0 Å². The van der Waals surface area contributed by atoms with E-state index in [1.54, 1.807) is 0 Å². The van der Waals surface area contributed by atoms with Crippen LogP contribution in [0, 0.1) is 0 Å². The summed E-state index contributed by atoms with van der Waals surface area (Å²) in [6.45, 7) is 5.55. The molecule has 0 aliphatic heterocycles. The fraction of sp³-hybridized carbons (Fsp3) is 0.462. The van der Waals surface area contributed by atoms with Gasteiger partial charge < -0.3 is 9.72 Å². The van der Waals surface area contributed by atoms with E-state index in [2.05, 4.69) is 34.7 Å². The molecule has 0 radical (unpaired) electrons. The fourth-order valence-corrected chi connectivity index (χ4v) is 2.00. The normalized spacial score (nSPS) is 12.2. The molecule has 1 N–H and O–H groups in total. The Labute approximate surface area is 96.5 Å². The van der Waals surface area contributed by atoms with Gasteiger partial charge in [0, 0.05) is 23.5 Å². The Hall–Kier alpha value is -1.35. The standard InChI is InChI=1S/C13H19N3/c1-13(2,7-8-14-3)11-10-15-12-6-4-5-9-16(11)12/h4-6,9-10,14H,7-8H2,1-3H3. The molecule has 2 aromatic rings. The molecule has 0 amide bonds. The van der Waals surface area contributed by atoms with Crippen molar-refractivity contribution in [3.05, 3.63) is 36.3 Å². The molecule has 0 fully saturated rings. The maximum absolute atomic E-state index is 4.44. The lowest BCUT2D eigenvalue weighted by molar-refractivity contribution is 0.453. The van der Waals surface area contributed by atoms with Crippen molar-refractivity contribution in [2.45, 2.75) is 25.7 Å². The topological polar surface area (TPSA) is 29.3 Å². The number of rotatable bonds is 4. The van der Waals surface area contributed by atoms with Crippen molar-refractivity contribution < 1.29 is 0 Å². The summed E-state index contributed by atoms with van der Waals surface area (Å²) in [5.41, 5.74) is 2.44. The van der Waals surface area contributed by atoms with Crippen molar-refractivity contribution in [1.82, 2.24) is 14.7 Å². The fourth-order valence-electron chi connectivity index (χ4n) is 2.00.